The van der Waals surface area contributed by atoms with Crippen LogP contribution in [0.5, 0.6) is 0 Å². The van der Waals surface area contributed by atoms with Gasteiger partial charge in [0.05, 0.1) is 7.11 Å². The fraction of sp³-hybridized carbons (Fsp3) is 0.467. The molecule has 0 saturated carbocycles. The van der Waals surface area contributed by atoms with Crippen molar-refractivity contribution in [1.82, 2.24) is 0 Å². The van der Waals surface area contributed by atoms with Crippen molar-refractivity contribution in [3.63, 3.8) is 0 Å². The van der Waals surface area contributed by atoms with Crippen LogP contribution in [-0.4, -0.2) is 18.9 Å². The predicted molar refractivity (Wildman–Crippen MR) is 71.0 cm³/mol. The molecule has 0 aromatic carbocycles. The van der Waals surface area contributed by atoms with E-state index in [1.165, 1.54) is 14.0 Å². The molecule has 1 atom stereocenters. The molecule has 0 saturated heterocycles. The van der Waals surface area contributed by atoms with Crippen LogP contribution in [0, 0.1) is 5.41 Å². The van der Waals surface area contributed by atoms with Crippen LogP contribution < -0.4 is 0 Å². The number of esters is 1. The van der Waals surface area contributed by atoms with Gasteiger partial charge in [0.1, 0.15) is 11.2 Å². The number of carbonyl (C=O) groups excluding carboxylic acids is 2. The summed E-state index contributed by atoms with van der Waals surface area (Å²) in [5, 5.41) is 0. The van der Waals surface area contributed by atoms with Gasteiger partial charge in [0.2, 0.25) is 0 Å². The van der Waals surface area contributed by atoms with Crippen molar-refractivity contribution in [2.24, 2.45) is 5.41 Å². The van der Waals surface area contributed by atoms with Crippen LogP contribution in [0.3, 0.4) is 0 Å². The molecule has 3 heteroatoms. The first-order valence-corrected chi connectivity index (χ1v) is 5.73. The zero-order valence-corrected chi connectivity index (χ0v) is 11.5. The van der Waals surface area contributed by atoms with Gasteiger partial charge in [0.25, 0.3) is 0 Å². The molecule has 0 spiro atoms. The second-order valence-electron chi connectivity index (χ2n) is 4.29. The number of hydrogen-bond donors (Lipinski definition) is 0. The quantitative estimate of drug-likeness (QED) is 0.412. The number of hydrogen-bond acceptors (Lipinski definition) is 3. The Morgan fingerprint density at radius 1 is 1.22 bits per heavy atom. The fourth-order valence-electron chi connectivity index (χ4n) is 1.55. The lowest BCUT2D eigenvalue weighted by Gasteiger charge is -2.25. The topological polar surface area (TPSA) is 43.4 Å². The second kappa shape index (κ2) is 7.50. The average molecular weight is 248 g/mol. The van der Waals surface area contributed by atoms with Crippen LogP contribution in [0.1, 0.15) is 33.6 Å². The number of allylic oxidation sites excluding steroid dienone is 2. The number of ether oxygens (including phenoxy) is 1. The van der Waals surface area contributed by atoms with E-state index in [4.69, 9.17) is 4.74 Å². The Hall–Kier alpha value is -1.82. The minimum atomic E-state index is -1.19. The van der Waals surface area contributed by atoms with E-state index in [0.717, 1.165) is 5.57 Å². The first-order valence-electron chi connectivity index (χ1n) is 5.73. The Balaban J connectivity index is 5.46. The van der Waals surface area contributed by atoms with Crippen LogP contribution >= 0.6 is 0 Å². The minimum absolute atomic E-state index is 0.229. The van der Waals surface area contributed by atoms with Gasteiger partial charge in [-0.3, -0.25) is 9.59 Å². The summed E-state index contributed by atoms with van der Waals surface area (Å²) >= 11 is 0. The summed E-state index contributed by atoms with van der Waals surface area (Å²) in [5.74, 6) is -0.763. The number of Topliss-reactive ketones (excluding diaryl/α,β-unsaturated/α-hetero) is 1. The molecule has 3 nitrogen and oxygen atoms in total. The van der Waals surface area contributed by atoms with Crippen LogP contribution in [0.25, 0.3) is 0 Å². The Bertz CT molecular complexity index is 429. The number of rotatable bonds is 6. The molecular weight excluding hydrogens is 228 g/mol. The van der Waals surface area contributed by atoms with Crippen molar-refractivity contribution in [1.29, 1.82) is 0 Å². The SMILES string of the molecule is C=C=CCC(CC=C=C(C)C)(C(C)=O)C(=O)OC. The van der Waals surface area contributed by atoms with E-state index in [2.05, 4.69) is 18.0 Å². The average Bonchev–Trinajstić information content (AvgIpc) is 2.31. The van der Waals surface area contributed by atoms with E-state index < -0.39 is 11.4 Å². The standard InChI is InChI=1S/C15H20O3/c1-6-7-10-15(13(4)16,14(17)18-5)11-8-9-12(2)3/h7-8H,1,10-11H2,2-5H3. The lowest BCUT2D eigenvalue weighted by atomic mass is 9.77. The van der Waals surface area contributed by atoms with E-state index in [9.17, 15) is 9.59 Å². The van der Waals surface area contributed by atoms with Crippen molar-refractivity contribution < 1.29 is 14.3 Å². The predicted octanol–water partition coefficient (Wildman–Crippen LogP) is 2.98. The maximum absolute atomic E-state index is 11.9. The van der Waals surface area contributed by atoms with Gasteiger partial charge in [-0.05, 0) is 51.3 Å². The molecular formula is C15H20O3. The third-order valence-electron chi connectivity index (χ3n) is 2.69. The van der Waals surface area contributed by atoms with Gasteiger partial charge in [0, 0.05) is 0 Å². The molecule has 0 aliphatic heterocycles. The highest BCUT2D eigenvalue weighted by atomic mass is 16.5. The van der Waals surface area contributed by atoms with Gasteiger partial charge in [-0.25, -0.2) is 0 Å². The largest absolute Gasteiger partial charge is 0.468 e. The summed E-state index contributed by atoms with van der Waals surface area (Å²) in [6, 6.07) is 0. The smallest absolute Gasteiger partial charge is 0.320 e. The molecule has 0 fully saturated rings. The van der Waals surface area contributed by atoms with Crippen molar-refractivity contribution in [3.8, 4) is 0 Å². The maximum atomic E-state index is 11.9. The molecule has 0 aromatic heterocycles. The van der Waals surface area contributed by atoms with Crippen LogP contribution in [0.15, 0.2) is 35.8 Å². The van der Waals surface area contributed by atoms with Crippen molar-refractivity contribution in [2.75, 3.05) is 7.11 Å². The molecule has 0 aromatic rings. The maximum Gasteiger partial charge on any atom is 0.320 e. The highest BCUT2D eigenvalue weighted by molar-refractivity contribution is 6.03. The van der Waals surface area contributed by atoms with Crippen molar-refractivity contribution >= 4 is 11.8 Å². The van der Waals surface area contributed by atoms with E-state index in [0.29, 0.717) is 0 Å². The molecule has 0 rings (SSSR count). The summed E-state index contributed by atoms with van der Waals surface area (Å²) in [4.78, 5) is 23.7. The number of carbonyl (C=O) groups is 2. The molecule has 1 unspecified atom stereocenters. The molecule has 0 amide bonds. The lowest BCUT2D eigenvalue weighted by Crippen LogP contribution is -2.38. The molecule has 0 bridgehead atoms. The van der Waals surface area contributed by atoms with Gasteiger partial charge >= 0.3 is 5.97 Å². The Kier molecular flexibility index (Phi) is 6.74. The molecule has 0 radical (unpaired) electrons. The van der Waals surface area contributed by atoms with Gasteiger partial charge in [-0.1, -0.05) is 6.58 Å². The lowest BCUT2D eigenvalue weighted by molar-refractivity contribution is -0.157. The third-order valence-corrected chi connectivity index (χ3v) is 2.69. The van der Waals surface area contributed by atoms with E-state index in [1.54, 1.807) is 12.2 Å². The summed E-state index contributed by atoms with van der Waals surface area (Å²) in [7, 11) is 1.28. The Labute approximate surface area is 109 Å². The molecule has 0 aliphatic rings. The molecule has 98 valence electrons. The minimum Gasteiger partial charge on any atom is -0.468 e. The zero-order chi connectivity index (χ0) is 14.2. The Morgan fingerprint density at radius 2 is 1.78 bits per heavy atom. The zero-order valence-electron chi connectivity index (χ0n) is 11.5. The number of methoxy groups -OCH3 is 1. The van der Waals surface area contributed by atoms with Crippen molar-refractivity contribution in [3.05, 3.63) is 35.8 Å². The van der Waals surface area contributed by atoms with Gasteiger partial charge in [-0.15, -0.1) is 11.5 Å². The normalized spacial score (nSPS) is 12.4. The van der Waals surface area contributed by atoms with E-state index >= 15 is 0 Å². The monoisotopic (exact) mass is 248 g/mol. The summed E-state index contributed by atoms with van der Waals surface area (Å²) in [6.07, 6.45) is 3.77. The highest BCUT2D eigenvalue weighted by Gasteiger charge is 2.42. The number of ketones is 1. The summed E-state index contributed by atoms with van der Waals surface area (Å²) in [5.41, 5.74) is 5.36. The summed E-state index contributed by atoms with van der Waals surface area (Å²) < 4.78 is 4.75. The van der Waals surface area contributed by atoms with E-state index in [1.807, 2.05) is 13.8 Å². The van der Waals surface area contributed by atoms with E-state index in [-0.39, 0.29) is 18.6 Å². The van der Waals surface area contributed by atoms with Gasteiger partial charge < -0.3 is 4.74 Å². The molecule has 18 heavy (non-hydrogen) atoms. The molecule has 0 heterocycles. The second-order valence-corrected chi connectivity index (χ2v) is 4.29. The van der Waals surface area contributed by atoms with Crippen LogP contribution in [0.2, 0.25) is 0 Å². The third kappa shape index (κ3) is 4.21. The van der Waals surface area contributed by atoms with Gasteiger partial charge in [0.15, 0.2) is 0 Å². The molecule has 0 aliphatic carbocycles. The van der Waals surface area contributed by atoms with Crippen LogP contribution in [0.4, 0.5) is 0 Å². The first-order chi connectivity index (χ1) is 8.40. The van der Waals surface area contributed by atoms with Crippen molar-refractivity contribution in [2.45, 2.75) is 33.6 Å². The van der Waals surface area contributed by atoms with Crippen LogP contribution in [-0.2, 0) is 14.3 Å². The Morgan fingerprint density at radius 3 is 2.17 bits per heavy atom. The van der Waals surface area contributed by atoms with Gasteiger partial charge in [-0.2, -0.15) is 0 Å². The highest BCUT2D eigenvalue weighted by Crippen LogP contribution is 2.30. The fourth-order valence-corrected chi connectivity index (χ4v) is 1.55. The first kappa shape index (κ1) is 16.2. The summed E-state index contributed by atoms with van der Waals surface area (Å²) in [6.45, 7) is 8.63. The molecule has 0 N–H and O–H groups in total.